The second-order valence-electron chi connectivity index (χ2n) is 3.09. The van der Waals surface area contributed by atoms with Crippen LogP contribution < -0.4 is 5.32 Å². The SMILES string of the molecule is CCSCCNc1ccc(Br)c(C)c1. The third-order valence-electron chi connectivity index (χ3n) is 1.94. The van der Waals surface area contributed by atoms with Crippen molar-refractivity contribution in [2.45, 2.75) is 13.8 Å². The number of aryl methyl sites for hydroxylation is 1. The molecule has 0 spiro atoms. The first-order chi connectivity index (χ1) is 6.74. The van der Waals surface area contributed by atoms with E-state index in [9.17, 15) is 0 Å². The maximum absolute atomic E-state index is 3.49. The van der Waals surface area contributed by atoms with Gasteiger partial charge in [-0.1, -0.05) is 22.9 Å². The molecule has 1 nitrogen and oxygen atoms in total. The lowest BCUT2D eigenvalue weighted by atomic mass is 10.2. The highest BCUT2D eigenvalue weighted by Gasteiger charge is 1.96. The third-order valence-corrected chi connectivity index (χ3v) is 3.73. The van der Waals surface area contributed by atoms with Crippen LogP contribution in [-0.4, -0.2) is 18.1 Å². The molecular formula is C11H16BrNS. The van der Waals surface area contributed by atoms with Crippen molar-refractivity contribution in [1.29, 1.82) is 0 Å². The van der Waals surface area contributed by atoms with E-state index < -0.39 is 0 Å². The fourth-order valence-corrected chi connectivity index (χ4v) is 1.95. The van der Waals surface area contributed by atoms with E-state index in [1.165, 1.54) is 27.2 Å². The van der Waals surface area contributed by atoms with Crippen molar-refractivity contribution in [3.05, 3.63) is 28.2 Å². The van der Waals surface area contributed by atoms with E-state index in [1.54, 1.807) is 0 Å². The molecule has 3 heteroatoms. The molecule has 78 valence electrons. The van der Waals surface area contributed by atoms with Crippen molar-refractivity contribution in [2.24, 2.45) is 0 Å². The number of benzene rings is 1. The lowest BCUT2D eigenvalue weighted by Crippen LogP contribution is -2.04. The van der Waals surface area contributed by atoms with Crippen molar-refractivity contribution >= 4 is 33.4 Å². The summed E-state index contributed by atoms with van der Waals surface area (Å²) in [4.78, 5) is 0. The standard InChI is InChI=1S/C11H16BrNS/c1-3-14-7-6-13-10-4-5-11(12)9(2)8-10/h4-5,8,13H,3,6-7H2,1-2H3. The molecule has 0 unspecified atom stereocenters. The molecule has 0 bridgehead atoms. The van der Waals surface area contributed by atoms with Gasteiger partial charge in [-0.05, 0) is 36.4 Å². The Morgan fingerprint density at radius 3 is 2.86 bits per heavy atom. The molecule has 0 fully saturated rings. The Bertz CT molecular complexity index is 289. The van der Waals surface area contributed by atoms with E-state index in [1.807, 2.05) is 11.8 Å². The van der Waals surface area contributed by atoms with E-state index in [0.717, 1.165) is 6.54 Å². The summed E-state index contributed by atoms with van der Waals surface area (Å²) in [6.07, 6.45) is 0. The average molecular weight is 274 g/mol. The molecule has 0 saturated carbocycles. The van der Waals surface area contributed by atoms with Crippen LogP contribution in [-0.2, 0) is 0 Å². The van der Waals surface area contributed by atoms with E-state index in [2.05, 4.69) is 53.3 Å². The molecule has 1 rings (SSSR count). The van der Waals surface area contributed by atoms with Gasteiger partial charge in [0.25, 0.3) is 0 Å². The van der Waals surface area contributed by atoms with Crippen LogP contribution in [0.1, 0.15) is 12.5 Å². The van der Waals surface area contributed by atoms with Gasteiger partial charge in [0.1, 0.15) is 0 Å². The molecule has 0 heterocycles. The number of hydrogen-bond donors (Lipinski definition) is 1. The van der Waals surface area contributed by atoms with Crippen LogP contribution in [0.5, 0.6) is 0 Å². The monoisotopic (exact) mass is 273 g/mol. The number of anilines is 1. The third kappa shape index (κ3) is 3.93. The molecule has 0 aliphatic heterocycles. The van der Waals surface area contributed by atoms with Crippen LogP contribution in [0.2, 0.25) is 0 Å². The van der Waals surface area contributed by atoms with Crippen LogP contribution >= 0.6 is 27.7 Å². The predicted molar refractivity (Wildman–Crippen MR) is 70.4 cm³/mol. The highest BCUT2D eigenvalue weighted by Crippen LogP contribution is 2.19. The van der Waals surface area contributed by atoms with Crippen LogP contribution in [0, 0.1) is 6.92 Å². The minimum atomic E-state index is 1.04. The number of thioether (sulfide) groups is 1. The van der Waals surface area contributed by atoms with Gasteiger partial charge in [0, 0.05) is 22.5 Å². The molecule has 0 atom stereocenters. The lowest BCUT2D eigenvalue weighted by molar-refractivity contribution is 1.22. The van der Waals surface area contributed by atoms with E-state index in [4.69, 9.17) is 0 Å². The van der Waals surface area contributed by atoms with Crippen molar-refractivity contribution < 1.29 is 0 Å². The molecular weight excluding hydrogens is 258 g/mol. The summed E-state index contributed by atoms with van der Waals surface area (Å²) in [7, 11) is 0. The molecule has 0 aromatic heterocycles. The second-order valence-corrected chi connectivity index (χ2v) is 5.34. The fraction of sp³-hybridized carbons (Fsp3) is 0.455. The Labute approximate surface area is 98.8 Å². The summed E-state index contributed by atoms with van der Waals surface area (Å²) in [6.45, 7) is 5.34. The first kappa shape index (κ1) is 11.9. The van der Waals surface area contributed by atoms with Crippen molar-refractivity contribution in [1.82, 2.24) is 0 Å². The number of nitrogens with one attached hydrogen (secondary N) is 1. The summed E-state index contributed by atoms with van der Waals surface area (Å²) in [5.74, 6) is 2.37. The maximum atomic E-state index is 3.49. The summed E-state index contributed by atoms with van der Waals surface area (Å²) < 4.78 is 1.17. The van der Waals surface area contributed by atoms with Gasteiger partial charge in [-0.15, -0.1) is 0 Å². The molecule has 0 radical (unpaired) electrons. The van der Waals surface area contributed by atoms with Crippen molar-refractivity contribution in [3.8, 4) is 0 Å². The molecule has 0 saturated heterocycles. The molecule has 1 aromatic rings. The van der Waals surface area contributed by atoms with Gasteiger partial charge in [0.05, 0.1) is 0 Å². The summed E-state index contributed by atoms with van der Waals surface area (Å²) in [6, 6.07) is 6.36. The largest absolute Gasteiger partial charge is 0.384 e. The zero-order valence-electron chi connectivity index (χ0n) is 8.64. The zero-order valence-corrected chi connectivity index (χ0v) is 11.0. The smallest absolute Gasteiger partial charge is 0.0343 e. The molecule has 14 heavy (non-hydrogen) atoms. The van der Waals surface area contributed by atoms with Crippen molar-refractivity contribution in [3.63, 3.8) is 0 Å². The quantitative estimate of drug-likeness (QED) is 0.817. The molecule has 1 N–H and O–H groups in total. The first-order valence-electron chi connectivity index (χ1n) is 4.82. The highest BCUT2D eigenvalue weighted by molar-refractivity contribution is 9.10. The molecule has 0 aliphatic rings. The number of halogens is 1. The van der Waals surface area contributed by atoms with E-state index in [-0.39, 0.29) is 0 Å². The zero-order chi connectivity index (χ0) is 10.4. The first-order valence-corrected chi connectivity index (χ1v) is 6.76. The summed E-state index contributed by atoms with van der Waals surface area (Å²) in [5.41, 5.74) is 2.49. The second kappa shape index (κ2) is 6.36. The minimum Gasteiger partial charge on any atom is -0.384 e. The van der Waals surface area contributed by atoms with Crippen molar-refractivity contribution in [2.75, 3.05) is 23.4 Å². The Hall–Kier alpha value is -0.150. The van der Waals surface area contributed by atoms with Gasteiger partial charge >= 0.3 is 0 Å². The summed E-state index contributed by atoms with van der Waals surface area (Å²) >= 11 is 5.45. The van der Waals surface area contributed by atoms with Crippen LogP contribution in [0.4, 0.5) is 5.69 Å². The van der Waals surface area contributed by atoms with Gasteiger partial charge in [0.2, 0.25) is 0 Å². The average Bonchev–Trinajstić information content (AvgIpc) is 2.18. The van der Waals surface area contributed by atoms with Gasteiger partial charge in [-0.2, -0.15) is 11.8 Å². The summed E-state index contributed by atoms with van der Waals surface area (Å²) in [5, 5.41) is 3.41. The van der Waals surface area contributed by atoms with Crippen LogP contribution in [0.15, 0.2) is 22.7 Å². The van der Waals surface area contributed by atoms with E-state index >= 15 is 0 Å². The molecule has 0 aliphatic carbocycles. The fourth-order valence-electron chi connectivity index (χ4n) is 1.17. The predicted octanol–water partition coefficient (Wildman–Crippen LogP) is 3.92. The van der Waals surface area contributed by atoms with E-state index in [0.29, 0.717) is 0 Å². The van der Waals surface area contributed by atoms with Gasteiger partial charge in [-0.25, -0.2) is 0 Å². The molecule has 1 aromatic carbocycles. The molecule has 0 amide bonds. The van der Waals surface area contributed by atoms with Gasteiger partial charge < -0.3 is 5.32 Å². The van der Waals surface area contributed by atoms with Crippen LogP contribution in [0.25, 0.3) is 0 Å². The highest BCUT2D eigenvalue weighted by atomic mass is 79.9. The van der Waals surface area contributed by atoms with Gasteiger partial charge in [-0.3, -0.25) is 0 Å². The van der Waals surface area contributed by atoms with Crippen LogP contribution in [0.3, 0.4) is 0 Å². The van der Waals surface area contributed by atoms with Gasteiger partial charge in [0.15, 0.2) is 0 Å². The normalized spacial score (nSPS) is 10.2. The lowest BCUT2D eigenvalue weighted by Gasteiger charge is -2.07. The minimum absolute atomic E-state index is 1.04. The maximum Gasteiger partial charge on any atom is 0.0343 e. The topological polar surface area (TPSA) is 12.0 Å². The Kier molecular flexibility index (Phi) is 5.41. The number of rotatable bonds is 5. The Morgan fingerprint density at radius 2 is 2.21 bits per heavy atom. The Morgan fingerprint density at radius 1 is 1.43 bits per heavy atom. The Balaban J connectivity index is 2.39. The number of hydrogen-bond acceptors (Lipinski definition) is 2.